The maximum Gasteiger partial charge on any atom is 0.416 e. The summed E-state index contributed by atoms with van der Waals surface area (Å²) in [5, 5.41) is 0. The van der Waals surface area contributed by atoms with Crippen LogP contribution in [0.1, 0.15) is 32.6 Å². The van der Waals surface area contributed by atoms with Gasteiger partial charge in [0, 0.05) is 57.4 Å². The van der Waals surface area contributed by atoms with Crippen LogP contribution < -0.4 is 0 Å². The molecule has 2 fully saturated rings. The van der Waals surface area contributed by atoms with Gasteiger partial charge in [-0.05, 0) is 48.7 Å². The van der Waals surface area contributed by atoms with Crippen LogP contribution >= 0.6 is 24.8 Å². The second-order valence-electron chi connectivity index (χ2n) is 10.4. The Hall–Kier alpha value is -2.38. The minimum absolute atomic E-state index is 0. The van der Waals surface area contributed by atoms with Gasteiger partial charge in [0.2, 0.25) is 0 Å². The number of carbonyl (C=O) groups excluding carboxylic acids is 1. The van der Waals surface area contributed by atoms with Crippen LogP contribution in [0.25, 0.3) is 0 Å². The van der Waals surface area contributed by atoms with Crippen molar-refractivity contribution in [2.45, 2.75) is 31.7 Å². The highest BCUT2D eigenvalue weighted by molar-refractivity contribution is 5.95. The Morgan fingerprint density at radius 3 is 2.00 bits per heavy atom. The number of alkyl halides is 6. The molecule has 2 saturated heterocycles. The second kappa shape index (κ2) is 15.6. The van der Waals surface area contributed by atoms with Gasteiger partial charge in [-0.1, -0.05) is 24.3 Å². The average molecular weight is 661 g/mol. The fraction of sp³-hybridized carbons (Fsp3) is 0.483. The zero-order valence-corrected chi connectivity index (χ0v) is 25.0. The number of benzene rings is 2. The second-order valence-corrected chi connectivity index (χ2v) is 10.4. The summed E-state index contributed by atoms with van der Waals surface area (Å²) >= 11 is 0. The maximum absolute atomic E-state index is 14.3. The maximum atomic E-state index is 14.3. The molecule has 240 valence electrons. The molecule has 1 unspecified atom stereocenters. The van der Waals surface area contributed by atoms with Gasteiger partial charge in [-0.3, -0.25) is 14.6 Å². The molecule has 2 aliphatic heterocycles. The molecule has 0 aromatic heterocycles. The molecule has 1 amide bonds. The molecule has 43 heavy (non-hydrogen) atoms. The molecule has 0 aliphatic carbocycles. The van der Waals surface area contributed by atoms with Crippen molar-refractivity contribution in [3.63, 3.8) is 0 Å². The Morgan fingerprint density at radius 1 is 0.860 bits per heavy atom. The summed E-state index contributed by atoms with van der Waals surface area (Å²) in [5.74, 6) is -1.37. The Bertz CT molecular complexity index is 1220. The van der Waals surface area contributed by atoms with Crippen LogP contribution in [0.4, 0.5) is 30.7 Å². The summed E-state index contributed by atoms with van der Waals surface area (Å²) in [6, 6.07) is 4.95. The highest BCUT2D eigenvalue weighted by Crippen LogP contribution is 2.37. The summed E-state index contributed by atoms with van der Waals surface area (Å²) in [4.78, 5) is 19.1. The predicted octanol–water partition coefficient (Wildman–Crippen LogP) is 6.27. The number of amides is 1. The van der Waals surface area contributed by atoms with Crippen LogP contribution in [-0.4, -0.2) is 85.7 Å². The molecule has 0 bridgehead atoms. The highest BCUT2D eigenvalue weighted by Gasteiger charge is 2.39. The summed E-state index contributed by atoms with van der Waals surface area (Å²) < 4.78 is 100. The third-order valence-corrected chi connectivity index (χ3v) is 7.37. The first-order valence-electron chi connectivity index (χ1n) is 13.3. The van der Waals surface area contributed by atoms with Gasteiger partial charge in [-0.15, -0.1) is 24.8 Å². The number of piperazine rings is 1. The molecule has 2 aromatic rings. The van der Waals surface area contributed by atoms with Crippen LogP contribution in [0.5, 0.6) is 0 Å². The van der Waals surface area contributed by atoms with Gasteiger partial charge < -0.3 is 9.64 Å². The molecular weight excluding hydrogens is 626 g/mol. The smallest absolute Gasteiger partial charge is 0.379 e. The lowest BCUT2D eigenvalue weighted by Crippen LogP contribution is -2.56. The van der Waals surface area contributed by atoms with Crippen molar-refractivity contribution >= 4 is 30.7 Å². The first-order valence-corrected chi connectivity index (χ1v) is 13.3. The number of rotatable bonds is 7. The first-order chi connectivity index (χ1) is 19.3. The number of morpholine rings is 1. The fourth-order valence-electron chi connectivity index (χ4n) is 5.04. The summed E-state index contributed by atoms with van der Waals surface area (Å²) in [6.45, 7) is 6.73. The number of hydrogen-bond donors (Lipinski definition) is 0. The van der Waals surface area contributed by atoms with E-state index in [2.05, 4.69) is 9.80 Å². The van der Waals surface area contributed by atoms with E-state index in [9.17, 15) is 35.5 Å². The van der Waals surface area contributed by atoms with Gasteiger partial charge in [0.1, 0.15) is 5.82 Å². The van der Waals surface area contributed by atoms with E-state index in [0.717, 1.165) is 19.6 Å². The van der Waals surface area contributed by atoms with Crippen molar-refractivity contribution in [1.82, 2.24) is 14.7 Å². The van der Waals surface area contributed by atoms with E-state index < -0.39 is 46.8 Å². The molecular formula is C29H34Cl2F7N3O2. The Labute approximate surface area is 258 Å². The SMILES string of the molecule is Cc1ccc(CC2CN(C/C=C/CN3CCOCC3)CCN2C(=O)c2cc(C(F)(F)F)cc(C(F)(F)F)c2)cc1F.Cl.Cl. The van der Waals surface area contributed by atoms with E-state index in [1.165, 1.54) is 11.0 Å². The van der Waals surface area contributed by atoms with E-state index in [-0.39, 0.29) is 43.8 Å². The zero-order chi connectivity index (χ0) is 29.8. The van der Waals surface area contributed by atoms with Crippen molar-refractivity contribution in [2.24, 2.45) is 0 Å². The molecule has 0 spiro atoms. The van der Waals surface area contributed by atoms with Crippen molar-refractivity contribution < 1.29 is 40.3 Å². The molecule has 4 rings (SSSR count). The van der Waals surface area contributed by atoms with Crippen molar-refractivity contribution in [1.29, 1.82) is 0 Å². The Kier molecular flexibility index (Phi) is 13.3. The van der Waals surface area contributed by atoms with Crippen LogP contribution in [0.2, 0.25) is 0 Å². The topological polar surface area (TPSA) is 36.0 Å². The molecule has 1 atom stereocenters. The third kappa shape index (κ3) is 10.1. The van der Waals surface area contributed by atoms with Gasteiger partial charge in [0.15, 0.2) is 0 Å². The molecule has 0 N–H and O–H groups in total. The van der Waals surface area contributed by atoms with Crippen LogP contribution in [0.15, 0.2) is 48.6 Å². The van der Waals surface area contributed by atoms with E-state index >= 15 is 0 Å². The molecule has 2 heterocycles. The molecule has 14 heteroatoms. The normalized spacial score (nSPS) is 18.8. The summed E-state index contributed by atoms with van der Waals surface area (Å²) in [7, 11) is 0. The average Bonchev–Trinajstić information content (AvgIpc) is 2.92. The van der Waals surface area contributed by atoms with Crippen molar-refractivity contribution in [3.05, 3.63) is 82.2 Å². The molecule has 0 radical (unpaired) electrons. The Morgan fingerprint density at radius 2 is 1.44 bits per heavy atom. The third-order valence-electron chi connectivity index (χ3n) is 7.37. The lowest BCUT2D eigenvalue weighted by atomic mass is 9.98. The number of carbonyl (C=O) groups is 1. The lowest BCUT2D eigenvalue weighted by Gasteiger charge is -2.41. The molecule has 2 aromatic carbocycles. The largest absolute Gasteiger partial charge is 0.416 e. The lowest BCUT2D eigenvalue weighted by molar-refractivity contribution is -0.143. The van der Waals surface area contributed by atoms with E-state index in [1.54, 1.807) is 19.1 Å². The van der Waals surface area contributed by atoms with Gasteiger partial charge in [-0.25, -0.2) is 4.39 Å². The molecule has 5 nitrogen and oxygen atoms in total. The van der Waals surface area contributed by atoms with Crippen molar-refractivity contribution in [2.75, 3.05) is 59.0 Å². The van der Waals surface area contributed by atoms with E-state index in [0.29, 0.717) is 56.1 Å². The van der Waals surface area contributed by atoms with Crippen molar-refractivity contribution in [3.8, 4) is 0 Å². The number of halogens is 9. The van der Waals surface area contributed by atoms with Crippen LogP contribution in [0, 0.1) is 12.7 Å². The van der Waals surface area contributed by atoms with Crippen LogP contribution in [0.3, 0.4) is 0 Å². The summed E-state index contributed by atoms with van der Waals surface area (Å²) in [6.07, 6.45) is -5.92. The van der Waals surface area contributed by atoms with Gasteiger partial charge in [0.25, 0.3) is 5.91 Å². The summed E-state index contributed by atoms with van der Waals surface area (Å²) in [5.41, 5.74) is -2.78. The van der Waals surface area contributed by atoms with E-state index in [4.69, 9.17) is 4.74 Å². The van der Waals surface area contributed by atoms with Gasteiger partial charge in [-0.2, -0.15) is 26.3 Å². The predicted molar refractivity (Wildman–Crippen MR) is 153 cm³/mol. The standard InChI is InChI=1S/C29H32F7N3O2.2ClH/c1-20-4-5-21(15-26(20)30)14-25-19-38(7-3-2-6-37-10-12-41-13-11-37)8-9-39(25)27(40)22-16-23(28(31,32)33)18-24(17-22)29(34,35)36;;/h2-5,15-18,25H,6-14,19H2,1H3;2*1H/b3-2+;;. The molecule has 2 aliphatic rings. The zero-order valence-electron chi connectivity index (χ0n) is 23.4. The number of hydrogen-bond acceptors (Lipinski definition) is 4. The Balaban J connectivity index is 0.00000323. The number of ether oxygens (including phenoxy) is 1. The fourth-order valence-corrected chi connectivity index (χ4v) is 5.04. The molecule has 0 saturated carbocycles. The quantitative estimate of drug-likeness (QED) is 0.259. The monoisotopic (exact) mass is 659 g/mol. The minimum atomic E-state index is -5.07. The van der Waals surface area contributed by atoms with Gasteiger partial charge >= 0.3 is 12.4 Å². The van der Waals surface area contributed by atoms with E-state index in [1.807, 2.05) is 12.2 Å². The number of nitrogens with zero attached hydrogens (tertiary/aromatic N) is 3. The van der Waals surface area contributed by atoms with Crippen LogP contribution in [-0.2, 0) is 23.5 Å². The number of aryl methyl sites for hydroxylation is 1. The highest BCUT2D eigenvalue weighted by atomic mass is 35.5. The first kappa shape index (κ1) is 36.8. The minimum Gasteiger partial charge on any atom is -0.379 e. The van der Waals surface area contributed by atoms with Gasteiger partial charge in [0.05, 0.1) is 24.3 Å².